The molecular formula is C8H10N2O3. The Kier molecular flexibility index (Phi) is 2.81. The summed E-state index contributed by atoms with van der Waals surface area (Å²) in [6.07, 6.45) is 0. The van der Waals surface area contributed by atoms with Gasteiger partial charge in [-0.25, -0.2) is 0 Å². The molecule has 0 saturated heterocycles. The van der Waals surface area contributed by atoms with Crippen LogP contribution in [-0.4, -0.2) is 17.1 Å². The van der Waals surface area contributed by atoms with Gasteiger partial charge in [0.05, 0.1) is 11.0 Å². The quantitative estimate of drug-likeness (QED) is 0.540. The van der Waals surface area contributed by atoms with E-state index in [-0.39, 0.29) is 11.4 Å². The number of non-ortho nitro benzene ring substituents is 1. The summed E-state index contributed by atoms with van der Waals surface area (Å²) in [6.45, 7) is 0.490. The van der Waals surface area contributed by atoms with Crippen molar-refractivity contribution in [3.8, 4) is 5.75 Å². The van der Waals surface area contributed by atoms with Gasteiger partial charge in [0.15, 0.2) is 0 Å². The molecule has 1 aromatic carbocycles. The summed E-state index contributed by atoms with van der Waals surface area (Å²) >= 11 is 0. The lowest BCUT2D eigenvalue weighted by atomic mass is 10.2. The smallest absolute Gasteiger partial charge is 0.273 e. The highest BCUT2D eigenvalue weighted by molar-refractivity contribution is 5.43. The molecule has 0 saturated carbocycles. The van der Waals surface area contributed by atoms with Crippen molar-refractivity contribution in [3.05, 3.63) is 33.9 Å². The van der Waals surface area contributed by atoms with E-state index in [2.05, 4.69) is 5.32 Å². The van der Waals surface area contributed by atoms with Crippen molar-refractivity contribution in [2.24, 2.45) is 0 Å². The van der Waals surface area contributed by atoms with E-state index in [0.29, 0.717) is 12.1 Å². The molecule has 0 aliphatic carbocycles. The Bertz CT molecular complexity index is 325. The minimum absolute atomic E-state index is 0.0523. The Balaban J connectivity index is 2.98. The number of nitrogens with zero attached hydrogens (tertiary/aromatic N) is 1. The van der Waals surface area contributed by atoms with Crippen LogP contribution in [0.25, 0.3) is 0 Å². The maximum Gasteiger partial charge on any atom is 0.273 e. The van der Waals surface area contributed by atoms with E-state index in [1.165, 1.54) is 12.1 Å². The highest BCUT2D eigenvalue weighted by atomic mass is 16.6. The molecule has 5 nitrogen and oxygen atoms in total. The molecule has 0 heterocycles. The molecule has 0 aliphatic heterocycles. The monoisotopic (exact) mass is 182 g/mol. The van der Waals surface area contributed by atoms with Crippen LogP contribution in [0.5, 0.6) is 5.75 Å². The van der Waals surface area contributed by atoms with Crippen LogP contribution in [0, 0.1) is 10.1 Å². The Morgan fingerprint density at radius 3 is 2.77 bits per heavy atom. The molecule has 70 valence electrons. The third-order valence-corrected chi connectivity index (χ3v) is 1.65. The Labute approximate surface area is 75.2 Å². The molecule has 0 aromatic heterocycles. The van der Waals surface area contributed by atoms with Gasteiger partial charge in [0.2, 0.25) is 0 Å². The number of hydrogen-bond acceptors (Lipinski definition) is 4. The number of phenols is 1. The van der Waals surface area contributed by atoms with Crippen molar-refractivity contribution in [3.63, 3.8) is 0 Å². The third kappa shape index (κ3) is 2.16. The molecule has 13 heavy (non-hydrogen) atoms. The molecule has 1 rings (SSSR count). The lowest BCUT2D eigenvalue weighted by molar-refractivity contribution is -0.384. The highest BCUT2D eigenvalue weighted by Crippen LogP contribution is 2.22. The topological polar surface area (TPSA) is 75.4 Å². The van der Waals surface area contributed by atoms with Crippen molar-refractivity contribution < 1.29 is 10.0 Å². The number of nitro benzene ring substituents is 1. The number of hydrogen-bond donors (Lipinski definition) is 2. The normalized spacial score (nSPS) is 9.92. The first-order valence-corrected chi connectivity index (χ1v) is 3.76. The van der Waals surface area contributed by atoms with Crippen molar-refractivity contribution in [2.45, 2.75) is 6.54 Å². The zero-order chi connectivity index (χ0) is 9.84. The molecule has 0 aliphatic rings. The van der Waals surface area contributed by atoms with Gasteiger partial charge in [-0.3, -0.25) is 10.1 Å². The van der Waals surface area contributed by atoms with E-state index >= 15 is 0 Å². The first kappa shape index (κ1) is 9.47. The standard InChI is InChI=1S/C8H10N2O3/c1-9-5-6-2-3-7(10(12)13)4-8(6)11/h2-4,9,11H,5H2,1H3. The maximum absolute atomic E-state index is 10.3. The lowest BCUT2D eigenvalue weighted by Crippen LogP contribution is -2.05. The number of phenolic OH excluding ortho intramolecular Hbond substituents is 1. The minimum atomic E-state index is -0.539. The second-order valence-corrected chi connectivity index (χ2v) is 2.60. The third-order valence-electron chi connectivity index (χ3n) is 1.65. The first-order chi connectivity index (χ1) is 6.15. The predicted molar refractivity (Wildman–Crippen MR) is 47.5 cm³/mol. The fraction of sp³-hybridized carbons (Fsp3) is 0.250. The van der Waals surface area contributed by atoms with E-state index < -0.39 is 4.92 Å². The summed E-state index contributed by atoms with van der Waals surface area (Å²) in [4.78, 5) is 9.76. The van der Waals surface area contributed by atoms with E-state index in [4.69, 9.17) is 0 Å². The molecule has 0 amide bonds. The van der Waals surface area contributed by atoms with E-state index in [0.717, 1.165) is 6.07 Å². The first-order valence-electron chi connectivity index (χ1n) is 3.76. The SMILES string of the molecule is CNCc1ccc([N+](=O)[O-])cc1O. The molecule has 2 N–H and O–H groups in total. The molecular weight excluding hydrogens is 172 g/mol. The van der Waals surface area contributed by atoms with Gasteiger partial charge in [0, 0.05) is 18.2 Å². The van der Waals surface area contributed by atoms with Crippen LogP contribution in [0.3, 0.4) is 0 Å². The number of benzene rings is 1. The molecule has 5 heteroatoms. The predicted octanol–water partition coefficient (Wildman–Crippen LogP) is 1.02. The molecule has 0 unspecified atom stereocenters. The van der Waals surface area contributed by atoms with Gasteiger partial charge in [0.1, 0.15) is 5.75 Å². The number of aromatic hydroxyl groups is 1. The second-order valence-electron chi connectivity index (χ2n) is 2.60. The minimum Gasteiger partial charge on any atom is -0.507 e. The summed E-state index contributed by atoms with van der Waals surface area (Å²) in [5.74, 6) is -0.0523. The van der Waals surface area contributed by atoms with Crippen LogP contribution in [0.1, 0.15) is 5.56 Å². The van der Waals surface area contributed by atoms with Crippen LogP contribution in [0.2, 0.25) is 0 Å². The summed E-state index contributed by atoms with van der Waals surface area (Å²) in [5.41, 5.74) is 0.547. The van der Waals surface area contributed by atoms with Gasteiger partial charge >= 0.3 is 0 Å². The van der Waals surface area contributed by atoms with Crippen LogP contribution >= 0.6 is 0 Å². The fourth-order valence-electron chi connectivity index (χ4n) is 1.01. The Hall–Kier alpha value is -1.62. The van der Waals surface area contributed by atoms with Crippen molar-refractivity contribution in [1.82, 2.24) is 5.32 Å². The van der Waals surface area contributed by atoms with Gasteiger partial charge < -0.3 is 10.4 Å². The lowest BCUT2D eigenvalue weighted by Gasteiger charge is -2.02. The molecule has 0 bridgehead atoms. The van der Waals surface area contributed by atoms with Crippen LogP contribution in [-0.2, 0) is 6.54 Å². The van der Waals surface area contributed by atoms with Gasteiger partial charge in [-0.2, -0.15) is 0 Å². The van der Waals surface area contributed by atoms with Crippen LogP contribution in [0.15, 0.2) is 18.2 Å². The highest BCUT2D eigenvalue weighted by Gasteiger charge is 2.08. The zero-order valence-electron chi connectivity index (χ0n) is 7.15. The average molecular weight is 182 g/mol. The summed E-state index contributed by atoms with van der Waals surface area (Å²) in [5, 5.41) is 22.5. The van der Waals surface area contributed by atoms with Gasteiger partial charge in [-0.15, -0.1) is 0 Å². The average Bonchev–Trinajstić information content (AvgIpc) is 2.08. The van der Waals surface area contributed by atoms with Crippen molar-refractivity contribution in [2.75, 3.05) is 7.05 Å². The van der Waals surface area contributed by atoms with Crippen LogP contribution in [0.4, 0.5) is 5.69 Å². The van der Waals surface area contributed by atoms with E-state index in [1.54, 1.807) is 7.05 Å². The summed E-state index contributed by atoms with van der Waals surface area (Å²) in [7, 11) is 1.74. The number of rotatable bonds is 3. The zero-order valence-corrected chi connectivity index (χ0v) is 7.15. The molecule has 0 spiro atoms. The summed E-state index contributed by atoms with van der Waals surface area (Å²) < 4.78 is 0. The maximum atomic E-state index is 10.3. The molecule has 1 aromatic rings. The van der Waals surface area contributed by atoms with Crippen LogP contribution < -0.4 is 5.32 Å². The van der Waals surface area contributed by atoms with Gasteiger partial charge in [-0.05, 0) is 13.1 Å². The molecule has 0 fully saturated rings. The van der Waals surface area contributed by atoms with E-state index in [1.807, 2.05) is 0 Å². The summed E-state index contributed by atoms with van der Waals surface area (Å²) in [6, 6.07) is 4.04. The Morgan fingerprint density at radius 1 is 1.62 bits per heavy atom. The largest absolute Gasteiger partial charge is 0.507 e. The van der Waals surface area contributed by atoms with E-state index in [9.17, 15) is 15.2 Å². The van der Waals surface area contributed by atoms with Gasteiger partial charge in [0.25, 0.3) is 5.69 Å². The Morgan fingerprint density at radius 2 is 2.31 bits per heavy atom. The van der Waals surface area contributed by atoms with Gasteiger partial charge in [-0.1, -0.05) is 0 Å². The number of nitrogens with one attached hydrogen (secondary N) is 1. The molecule has 0 radical (unpaired) electrons. The van der Waals surface area contributed by atoms with Crippen molar-refractivity contribution in [1.29, 1.82) is 0 Å². The second kappa shape index (κ2) is 3.86. The fourth-order valence-corrected chi connectivity index (χ4v) is 1.01. The molecule has 0 atom stereocenters. The van der Waals surface area contributed by atoms with Crippen molar-refractivity contribution >= 4 is 5.69 Å². The number of nitro groups is 1.